The smallest absolute Gasteiger partial charge is 0.339 e. The summed E-state index contributed by atoms with van der Waals surface area (Å²) in [5.41, 5.74) is 4.35. The predicted molar refractivity (Wildman–Crippen MR) is 127 cm³/mol. The number of anilines is 2. The van der Waals surface area contributed by atoms with Gasteiger partial charge in [0.1, 0.15) is 17.5 Å². The average molecular weight is 441 g/mol. The van der Waals surface area contributed by atoms with Crippen LogP contribution in [0.15, 0.2) is 59.9 Å². The Morgan fingerprint density at radius 3 is 2.24 bits per heavy atom. The number of carbonyl (C=O) groups is 2. The number of Topliss-reactive ketones (excluding diaryl/α,β-unsaturated/α-hetero) is 1. The van der Waals surface area contributed by atoms with E-state index in [2.05, 4.69) is 4.98 Å². The van der Waals surface area contributed by atoms with E-state index in [0.717, 1.165) is 22.6 Å². The maximum Gasteiger partial charge on any atom is 0.339 e. The monoisotopic (exact) mass is 440 g/mol. The molecule has 7 nitrogen and oxygen atoms in total. The van der Waals surface area contributed by atoms with Crippen LogP contribution in [0.2, 0.25) is 0 Å². The van der Waals surface area contributed by atoms with Crippen LogP contribution in [0, 0.1) is 18.3 Å². The van der Waals surface area contributed by atoms with E-state index in [1.807, 2.05) is 68.4 Å². The first-order valence-corrected chi connectivity index (χ1v) is 10.7. The van der Waals surface area contributed by atoms with E-state index in [9.17, 15) is 14.9 Å². The molecule has 0 unspecified atom stereocenters. The lowest BCUT2D eigenvalue weighted by Gasteiger charge is -2.20. The fraction of sp³-hybridized carbons (Fsp3) is 0.231. The van der Waals surface area contributed by atoms with Crippen LogP contribution >= 0.6 is 0 Å². The van der Waals surface area contributed by atoms with Crippen molar-refractivity contribution in [3.8, 4) is 6.07 Å². The number of para-hydroxylation sites is 3. The SMILES string of the molecule is CCc1nc2ccccc2c(C(=O)OCC(=O)C(C#N)=C2N(C)c3ccccc3N2C)c1C. The number of nitrogens with zero attached hydrogens (tertiary/aromatic N) is 4. The molecule has 0 radical (unpaired) electrons. The van der Waals surface area contributed by atoms with Gasteiger partial charge in [-0.1, -0.05) is 37.3 Å². The quantitative estimate of drug-likeness (QED) is 0.335. The van der Waals surface area contributed by atoms with Gasteiger partial charge in [-0.05, 0) is 37.1 Å². The third-order valence-electron chi connectivity index (χ3n) is 5.96. The van der Waals surface area contributed by atoms with E-state index in [4.69, 9.17) is 4.74 Å². The molecule has 166 valence electrons. The standard InChI is InChI=1S/C26H24N4O3/c1-5-19-16(2)24(17-10-6-7-11-20(17)28-19)26(32)33-15-23(31)18(14-27)25-29(3)21-12-8-9-13-22(21)30(25)4/h6-13H,5,15H2,1-4H3. The second-order valence-corrected chi connectivity index (χ2v) is 7.85. The van der Waals surface area contributed by atoms with Crippen LogP contribution in [-0.4, -0.2) is 37.4 Å². The molecule has 0 saturated heterocycles. The van der Waals surface area contributed by atoms with Gasteiger partial charge in [0.05, 0.1) is 22.5 Å². The van der Waals surface area contributed by atoms with Crippen LogP contribution in [-0.2, 0) is 16.0 Å². The van der Waals surface area contributed by atoms with E-state index in [-0.39, 0.29) is 5.57 Å². The zero-order valence-electron chi connectivity index (χ0n) is 19.0. The molecule has 33 heavy (non-hydrogen) atoms. The molecule has 0 saturated carbocycles. The number of hydrogen-bond donors (Lipinski definition) is 0. The fourth-order valence-electron chi connectivity index (χ4n) is 4.30. The maximum absolute atomic E-state index is 13.1. The Morgan fingerprint density at radius 2 is 1.64 bits per heavy atom. The van der Waals surface area contributed by atoms with Gasteiger partial charge in [-0.15, -0.1) is 0 Å². The fourth-order valence-corrected chi connectivity index (χ4v) is 4.30. The second kappa shape index (κ2) is 8.75. The Balaban J connectivity index is 1.62. The minimum Gasteiger partial charge on any atom is -0.454 e. The van der Waals surface area contributed by atoms with Gasteiger partial charge >= 0.3 is 5.97 Å². The summed E-state index contributed by atoms with van der Waals surface area (Å²) in [6, 6.07) is 17.0. The van der Waals surface area contributed by atoms with Crippen molar-refractivity contribution >= 4 is 34.0 Å². The molecule has 1 aliphatic heterocycles. The van der Waals surface area contributed by atoms with Crippen LogP contribution in [0.5, 0.6) is 0 Å². The van der Waals surface area contributed by atoms with Gasteiger partial charge in [-0.25, -0.2) is 4.79 Å². The number of rotatable bonds is 5. The van der Waals surface area contributed by atoms with E-state index in [0.29, 0.717) is 28.7 Å². The molecular formula is C26H24N4O3. The molecule has 1 aromatic heterocycles. The largest absolute Gasteiger partial charge is 0.454 e. The molecule has 0 bridgehead atoms. The van der Waals surface area contributed by atoms with Gasteiger partial charge in [-0.3, -0.25) is 9.78 Å². The number of pyridine rings is 1. The first-order chi connectivity index (χ1) is 15.9. The Bertz CT molecular complexity index is 1320. The number of aromatic nitrogens is 1. The summed E-state index contributed by atoms with van der Waals surface area (Å²) in [6.07, 6.45) is 0.666. The molecule has 3 aromatic rings. The molecule has 0 aliphatic carbocycles. The summed E-state index contributed by atoms with van der Waals surface area (Å²) >= 11 is 0. The van der Waals surface area contributed by atoms with E-state index >= 15 is 0 Å². The van der Waals surface area contributed by atoms with Crippen molar-refractivity contribution in [3.63, 3.8) is 0 Å². The summed E-state index contributed by atoms with van der Waals surface area (Å²) < 4.78 is 5.43. The summed E-state index contributed by atoms with van der Waals surface area (Å²) in [6.45, 7) is 3.28. The summed E-state index contributed by atoms with van der Waals surface area (Å²) in [5.74, 6) is -0.703. The predicted octanol–water partition coefficient (Wildman–Crippen LogP) is 4.15. The van der Waals surface area contributed by atoms with Crippen molar-refractivity contribution < 1.29 is 14.3 Å². The number of fused-ring (bicyclic) bond motifs is 2. The average Bonchev–Trinajstić information content (AvgIpc) is 3.08. The number of ether oxygens (including phenoxy) is 1. The topological polar surface area (TPSA) is 86.5 Å². The van der Waals surface area contributed by atoms with Gasteiger partial charge in [0.15, 0.2) is 6.61 Å². The van der Waals surface area contributed by atoms with Crippen LogP contribution in [0.3, 0.4) is 0 Å². The van der Waals surface area contributed by atoms with Crippen molar-refractivity contribution in [2.24, 2.45) is 0 Å². The van der Waals surface area contributed by atoms with Crippen molar-refractivity contribution in [3.05, 3.63) is 76.7 Å². The third-order valence-corrected chi connectivity index (χ3v) is 5.96. The van der Waals surface area contributed by atoms with Crippen LogP contribution < -0.4 is 9.80 Å². The molecule has 0 spiro atoms. The molecule has 2 heterocycles. The van der Waals surface area contributed by atoms with Gasteiger partial charge in [0.25, 0.3) is 0 Å². The summed E-state index contributed by atoms with van der Waals surface area (Å²) in [5, 5.41) is 10.5. The highest BCUT2D eigenvalue weighted by Gasteiger charge is 2.31. The summed E-state index contributed by atoms with van der Waals surface area (Å²) in [7, 11) is 3.60. The zero-order valence-corrected chi connectivity index (χ0v) is 19.0. The van der Waals surface area contributed by atoms with E-state index in [1.54, 1.807) is 23.9 Å². The summed E-state index contributed by atoms with van der Waals surface area (Å²) in [4.78, 5) is 34.3. The lowest BCUT2D eigenvalue weighted by Crippen LogP contribution is -2.28. The number of aryl methyl sites for hydroxylation is 1. The molecule has 7 heteroatoms. The third kappa shape index (κ3) is 3.70. The van der Waals surface area contributed by atoms with Gasteiger partial charge in [0.2, 0.25) is 5.78 Å². The molecule has 0 N–H and O–H groups in total. The van der Waals surface area contributed by atoms with Crippen molar-refractivity contribution in [2.45, 2.75) is 20.3 Å². The first-order valence-electron chi connectivity index (χ1n) is 10.7. The molecule has 0 atom stereocenters. The highest BCUT2D eigenvalue weighted by molar-refractivity contribution is 6.07. The van der Waals surface area contributed by atoms with E-state index < -0.39 is 18.4 Å². The highest BCUT2D eigenvalue weighted by Crippen LogP contribution is 2.40. The van der Waals surface area contributed by atoms with Crippen molar-refractivity contribution in [1.82, 2.24) is 4.98 Å². The Labute approximate surface area is 192 Å². The minimum absolute atomic E-state index is 0.0606. The second-order valence-electron chi connectivity index (χ2n) is 7.85. The Kier molecular flexibility index (Phi) is 5.84. The van der Waals surface area contributed by atoms with Gasteiger partial charge < -0.3 is 14.5 Å². The molecule has 4 rings (SSSR count). The lowest BCUT2D eigenvalue weighted by molar-refractivity contribution is -0.118. The molecule has 2 aromatic carbocycles. The maximum atomic E-state index is 13.1. The number of benzene rings is 2. The van der Waals surface area contributed by atoms with Crippen LogP contribution in [0.25, 0.3) is 10.9 Å². The number of ketones is 1. The number of nitriles is 1. The number of carbonyl (C=O) groups excluding carboxylic acids is 2. The lowest BCUT2D eigenvalue weighted by atomic mass is 10.0. The molecule has 0 fully saturated rings. The minimum atomic E-state index is -0.604. The van der Waals surface area contributed by atoms with Crippen molar-refractivity contribution in [1.29, 1.82) is 5.26 Å². The zero-order chi connectivity index (χ0) is 23.7. The van der Waals surface area contributed by atoms with Crippen LogP contribution in [0.4, 0.5) is 11.4 Å². The molecule has 1 aliphatic rings. The highest BCUT2D eigenvalue weighted by atomic mass is 16.5. The first kappa shape index (κ1) is 22.0. The van der Waals surface area contributed by atoms with Crippen molar-refractivity contribution in [2.75, 3.05) is 30.5 Å². The molecule has 0 amide bonds. The van der Waals surface area contributed by atoms with Crippen LogP contribution in [0.1, 0.15) is 28.5 Å². The van der Waals surface area contributed by atoms with Gasteiger partial charge in [-0.2, -0.15) is 5.26 Å². The normalized spacial score (nSPS) is 12.5. The Morgan fingerprint density at radius 1 is 1.03 bits per heavy atom. The number of hydrogen-bond acceptors (Lipinski definition) is 7. The van der Waals surface area contributed by atoms with E-state index in [1.165, 1.54) is 0 Å². The Hall–Kier alpha value is -4.18. The van der Waals surface area contributed by atoms with Gasteiger partial charge in [0, 0.05) is 25.2 Å². The molecular weight excluding hydrogens is 416 g/mol. The number of esters is 1.